The molecule has 252 valence electrons. The summed E-state index contributed by atoms with van der Waals surface area (Å²) in [5.74, 6) is 0.638. The van der Waals surface area contributed by atoms with Crippen molar-refractivity contribution in [1.29, 1.82) is 0 Å². The summed E-state index contributed by atoms with van der Waals surface area (Å²) < 4.78 is 35.7. The summed E-state index contributed by atoms with van der Waals surface area (Å²) in [5, 5.41) is 11.7. The quantitative estimate of drug-likeness (QED) is 0.288. The predicted octanol–water partition coefficient (Wildman–Crippen LogP) is 7.71. The second-order valence-corrected chi connectivity index (χ2v) is 16.4. The van der Waals surface area contributed by atoms with Crippen LogP contribution in [-0.4, -0.2) is 37.8 Å². The summed E-state index contributed by atoms with van der Waals surface area (Å²) in [6.45, 7) is 5.51. The van der Waals surface area contributed by atoms with Crippen LogP contribution in [0.2, 0.25) is 5.02 Å². The molecule has 6 atom stereocenters. The van der Waals surface area contributed by atoms with E-state index in [1.54, 1.807) is 25.1 Å². The van der Waals surface area contributed by atoms with Crippen molar-refractivity contribution in [3.05, 3.63) is 94.0 Å². The van der Waals surface area contributed by atoms with Gasteiger partial charge in [-0.2, -0.15) is 0 Å². The maximum atomic E-state index is 13.5. The molecule has 0 aromatic heterocycles. The minimum Gasteiger partial charge on any atom is -0.487 e. The summed E-state index contributed by atoms with van der Waals surface area (Å²) in [7, 11) is -3.92. The standard InChI is InChI=1S/C38H47ClN2O5S/c1-25-9-8-13-34(37(42)27-10-4-3-5-11-27)33-18-15-30(33)23-41-20-7-6-12-28-21-32(39)17-14-31(28)24-46-36-19-16-29(22-35(36)41)38(43)40-47(44,45)26(25)2/h3-5,10-11,14,16-17,19,21-22,25-26,30,33-34,37,42H,6-9,12-13,15,18,20,23-24H2,1-2H3,(H,40,43)/t25-,26+,30-,33+,34-,37-/m0/s1. The lowest BCUT2D eigenvalue weighted by Gasteiger charge is -2.46. The normalized spacial score (nSPS) is 27.4. The van der Waals surface area contributed by atoms with Gasteiger partial charge in [-0.3, -0.25) is 4.79 Å². The summed E-state index contributed by atoms with van der Waals surface area (Å²) in [6.07, 6.45) is 6.64. The average molecular weight is 679 g/mol. The number of halogens is 1. The molecular weight excluding hydrogens is 632 g/mol. The van der Waals surface area contributed by atoms with Crippen molar-refractivity contribution in [1.82, 2.24) is 4.72 Å². The Morgan fingerprint density at radius 2 is 1.74 bits per heavy atom. The zero-order valence-corrected chi connectivity index (χ0v) is 29.0. The van der Waals surface area contributed by atoms with Gasteiger partial charge in [0.2, 0.25) is 10.0 Å². The van der Waals surface area contributed by atoms with Crippen molar-refractivity contribution in [3.63, 3.8) is 0 Å². The second kappa shape index (κ2) is 14.6. The number of sulfonamides is 1. The molecule has 3 aliphatic rings. The highest BCUT2D eigenvalue weighted by molar-refractivity contribution is 7.90. The SMILES string of the molecule is C[C@@H]1[C@@H](C)CCC[C@H]([C@@H](O)c2ccccc2)[C@@H]2CC[C@H]2CN2CCCCc3cc(Cl)ccc3COc3ccc(cc32)C(=O)NS1(=O)=O. The lowest BCUT2D eigenvalue weighted by Crippen LogP contribution is -2.44. The lowest BCUT2D eigenvalue weighted by atomic mass is 9.63. The first kappa shape index (κ1) is 33.8. The summed E-state index contributed by atoms with van der Waals surface area (Å²) in [6, 6.07) is 21.1. The smallest absolute Gasteiger partial charge is 0.264 e. The number of hydrogen-bond acceptors (Lipinski definition) is 6. The van der Waals surface area contributed by atoms with Gasteiger partial charge >= 0.3 is 0 Å². The number of amides is 1. The molecule has 7 nitrogen and oxygen atoms in total. The summed E-state index contributed by atoms with van der Waals surface area (Å²) in [4.78, 5) is 15.8. The molecule has 47 heavy (non-hydrogen) atoms. The second-order valence-electron chi connectivity index (χ2n) is 13.9. The highest BCUT2D eigenvalue weighted by Crippen LogP contribution is 2.48. The van der Waals surface area contributed by atoms with Crippen molar-refractivity contribution in [2.24, 2.45) is 23.7 Å². The number of anilines is 1. The van der Waals surface area contributed by atoms with Crippen LogP contribution in [0.25, 0.3) is 0 Å². The molecular formula is C38H47ClN2O5S. The Bertz CT molecular complexity index is 1670. The molecule has 3 aromatic carbocycles. The number of ether oxygens (including phenoxy) is 1. The van der Waals surface area contributed by atoms with E-state index in [1.807, 2.05) is 55.5 Å². The number of nitrogens with zero attached hydrogens (tertiary/aromatic N) is 1. The highest BCUT2D eigenvalue weighted by atomic mass is 35.5. The van der Waals surface area contributed by atoms with Gasteiger partial charge in [-0.15, -0.1) is 0 Å². The number of hydrogen-bond donors (Lipinski definition) is 2. The molecule has 1 amide bonds. The fourth-order valence-corrected chi connectivity index (χ4v) is 9.25. The molecule has 2 bridgehead atoms. The van der Waals surface area contributed by atoms with Crippen molar-refractivity contribution in [2.75, 3.05) is 18.0 Å². The third-order valence-electron chi connectivity index (χ3n) is 11.0. The predicted molar refractivity (Wildman–Crippen MR) is 187 cm³/mol. The van der Waals surface area contributed by atoms with Gasteiger partial charge in [-0.25, -0.2) is 13.1 Å². The largest absolute Gasteiger partial charge is 0.487 e. The van der Waals surface area contributed by atoms with E-state index in [9.17, 15) is 18.3 Å². The van der Waals surface area contributed by atoms with Gasteiger partial charge in [0.15, 0.2) is 0 Å². The van der Waals surface area contributed by atoms with E-state index < -0.39 is 27.3 Å². The van der Waals surface area contributed by atoms with Crippen molar-refractivity contribution >= 4 is 33.2 Å². The number of benzene rings is 3. The summed E-state index contributed by atoms with van der Waals surface area (Å²) >= 11 is 6.36. The van der Waals surface area contributed by atoms with Crippen molar-refractivity contribution < 1.29 is 23.1 Å². The molecule has 0 saturated heterocycles. The molecule has 0 radical (unpaired) electrons. The van der Waals surface area contributed by atoms with Crippen molar-refractivity contribution in [2.45, 2.75) is 83.2 Å². The molecule has 2 heterocycles. The first-order chi connectivity index (χ1) is 22.6. The van der Waals surface area contributed by atoms with Gasteiger partial charge in [0.1, 0.15) is 12.4 Å². The number of aryl methyl sites for hydroxylation is 1. The molecule has 2 N–H and O–H groups in total. The highest BCUT2D eigenvalue weighted by Gasteiger charge is 2.41. The lowest BCUT2D eigenvalue weighted by molar-refractivity contribution is 0.000837. The Balaban J connectivity index is 1.39. The van der Waals surface area contributed by atoms with Crippen LogP contribution in [0.1, 0.15) is 91.9 Å². The third kappa shape index (κ3) is 7.65. The van der Waals surface area contributed by atoms with E-state index >= 15 is 0 Å². The molecule has 0 spiro atoms. The fraction of sp³-hybridized carbons (Fsp3) is 0.500. The maximum absolute atomic E-state index is 13.5. The minimum absolute atomic E-state index is 0.0631. The van der Waals surface area contributed by atoms with Crippen LogP contribution >= 0.6 is 11.6 Å². The summed E-state index contributed by atoms with van der Waals surface area (Å²) in [5.41, 5.74) is 4.28. The van der Waals surface area contributed by atoms with Crippen LogP contribution in [-0.2, 0) is 23.1 Å². The number of rotatable bonds is 2. The molecule has 3 aromatic rings. The number of carbonyl (C=O) groups excluding carboxylic acids is 1. The van der Waals surface area contributed by atoms with E-state index in [4.69, 9.17) is 16.3 Å². The first-order valence-corrected chi connectivity index (χ1v) is 19.1. The Morgan fingerprint density at radius 3 is 2.51 bits per heavy atom. The van der Waals surface area contributed by atoms with Crippen molar-refractivity contribution in [3.8, 4) is 5.75 Å². The van der Waals surface area contributed by atoms with Gasteiger partial charge in [-0.05, 0) is 123 Å². The first-order valence-electron chi connectivity index (χ1n) is 17.2. The fourth-order valence-electron chi connectivity index (χ4n) is 7.75. The zero-order valence-electron chi connectivity index (χ0n) is 27.4. The number of nitrogens with one attached hydrogen (secondary N) is 1. The van der Waals surface area contributed by atoms with Crippen LogP contribution in [0.3, 0.4) is 0 Å². The molecule has 1 aliphatic carbocycles. The Hall–Kier alpha value is -3.07. The van der Waals surface area contributed by atoms with Gasteiger partial charge in [0, 0.05) is 23.7 Å². The van der Waals surface area contributed by atoms with Crippen LogP contribution in [0.4, 0.5) is 5.69 Å². The molecule has 2 aliphatic heterocycles. The number of aliphatic hydroxyl groups is 1. The van der Waals surface area contributed by atoms with Crippen LogP contribution in [0, 0.1) is 23.7 Å². The van der Waals surface area contributed by atoms with E-state index in [2.05, 4.69) is 9.62 Å². The van der Waals surface area contributed by atoms with Gasteiger partial charge in [0.05, 0.1) is 17.0 Å². The minimum atomic E-state index is -3.92. The van der Waals surface area contributed by atoms with E-state index in [-0.39, 0.29) is 17.4 Å². The van der Waals surface area contributed by atoms with Crippen LogP contribution < -0.4 is 14.4 Å². The van der Waals surface area contributed by atoms with E-state index in [0.29, 0.717) is 35.6 Å². The van der Waals surface area contributed by atoms with Crippen LogP contribution in [0.15, 0.2) is 66.7 Å². The molecule has 1 fully saturated rings. The molecule has 6 rings (SSSR count). The number of aliphatic hydroxyl groups excluding tert-OH is 1. The number of fused-ring (bicyclic) bond motifs is 3. The zero-order chi connectivity index (χ0) is 33.1. The Kier molecular flexibility index (Phi) is 10.5. The van der Waals surface area contributed by atoms with Gasteiger partial charge < -0.3 is 14.7 Å². The Morgan fingerprint density at radius 1 is 0.936 bits per heavy atom. The van der Waals surface area contributed by atoms with Gasteiger partial charge in [0.25, 0.3) is 5.91 Å². The van der Waals surface area contributed by atoms with Gasteiger partial charge in [-0.1, -0.05) is 61.3 Å². The molecule has 9 heteroatoms. The monoisotopic (exact) mass is 678 g/mol. The third-order valence-corrected chi connectivity index (χ3v) is 13.1. The molecule has 0 unspecified atom stereocenters. The number of carbonyl (C=O) groups is 1. The van der Waals surface area contributed by atoms with E-state index in [0.717, 1.165) is 74.8 Å². The molecule has 1 saturated carbocycles. The average Bonchev–Trinajstić information content (AvgIpc) is 3.08. The van der Waals surface area contributed by atoms with E-state index in [1.165, 1.54) is 5.56 Å². The van der Waals surface area contributed by atoms with Crippen LogP contribution in [0.5, 0.6) is 5.75 Å². The maximum Gasteiger partial charge on any atom is 0.264 e. The Labute approximate surface area is 284 Å². The topological polar surface area (TPSA) is 95.9 Å².